The number of amides is 4. The number of aliphatic hydroxyl groups is 1. The molecule has 4 unspecified atom stereocenters. The molecule has 0 saturated carbocycles. The van der Waals surface area contributed by atoms with Gasteiger partial charge in [0.25, 0.3) is 10.1 Å². The van der Waals surface area contributed by atoms with Crippen molar-refractivity contribution in [3.63, 3.8) is 0 Å². The lowest BCUT2D eigenvalue weighted by molar-refractivity contribution is -0.142. The maximum absolute atomic E-state index is 13.7. The molecule has 4 amide bonds. The van der Waals surface area contributed by atoms with Gasteiger partial charge in [0, 0.05) is 49.4 Å². The molecule has 0 radical (unpaired) electrons. The van der Waals surface area contributed by atoms with Crippen molar-refractivity contribution in [2.75, 3.05) is 36.4 Å². The van der Waals surface area contributed by atoms with E-state index in [1.54, 1.807) is 33.8 Å². The van der Waals surface area contributed by atoms with Gasteiger partial charge in [-0.1, -0.05) is 56.3 Å². The standard InChI is InChI=1S/C44H54N10O12S2/c1-5-35(56)49-25(4)44(61)53-16-9-14-33(53)42(59)51-39(24(2)3)43(60)47-22-28(55)23-54-27(21-48-52-54)20-46-15-17-67(62,63)29-11-8-10-26(18-29)50-32-19-34(68(64,65)66)38(45)37-36(32)40(57)30-12-6-7-13-31(30)41(37)58/h6-8,10-13,18-19,21,24-25,28,33,39,46,50,55H,5,9,14-17,20,22-23,45H2,1-4H3,(H,47,60)(H,49,56)(H,51,59)(H,64,65,66). The van der Waals surface area contributed by atoms with Gasteiger partial charge in [0.05, 0.1) is 57.7 Å². The highest BCUT2D eigenvalue weighted by Crippen LogP contribution is 2.40. The number of likely N-dealkylation sites (tertiary alicyclic amines) is 1. The molecule has 4 aromatic rings. The molecular formula is C44H54N10O12S2. The molecule has 22 nitrogen and oxygen atoms in total. The van der Waals surface area contributed by atoms with Crippen LogP contribution in [0.15, 0.2) is 70.6 Å². The van der Waals surface area contributed by atoms with Crippen LogP contribution >= 0.6 is 0 Å². The summed E-state index contributed by atoms with van der Waals surface area (Å²) in [4.78, 5) is 79.3. The minimum Gasteiger partial charge on any atom is -0.397 e. The van der Waals surface area contributed by atoms with Crippen LogP contribution in [0.4, 0.5) is 17.1 Å². The molecule has 2 heterocycles. The first-order chi connectivity index (χ1) is 32.1. The van der Waals surface area contributed by atoms with Gasteiger partial charge in [-0.05, 0) is 49.9 Å². The van der Waals surface area contributed by atoms with Gasteiger partial charge in [0.2, 0.25) is 23.6 Å². The highest BCUT2D eigenvalue weighted by molar-refractivity contribution is 7.91. The Balaban J connectivity index is 1.02. The number of nitrogen functional groups attached to an aromatic ring is 1. The Labute approximate surface area is 392 Å². The molecule has 6 rings (SSSR count). The van der Waals surface area contributed by atoms with Crippen LogP contribution in [0.3, 0.4) is 0 Å². The van der Waals surface area contributed by atoms with Crippen molar-refractivity contribution in [2.24, 2.45) is 5.92 Å². The maximum atomic E-state index is 13.7. The molecule has 1 aliphatic heterocycles. The van der Waals surface area contributed by atoms with E-state index < -0.39 is 89.6 Å². The van der Waals surface area contributed by atoms with E-state index in [9.17, 15) is 55.3 Å². The van der Waals surface area contributed by atoms with Crippen LogP contribution in [0.2, 0.25) is 0 Å². The van der Waals surface area contributed by atoms with Crippen molar-refractivity contribution in [3.8, 4) is 0 Å². The van der Waals surface area contributed by atoms with Gasteiger partial charge >= 0.3 is 0 Å². The van der Waals surface area contributed by atoms with Gasteiger partial charge in [-0.3, -0.25) is 33.3 Å². The van der Waals surface area contributed by atoms with Crippen LogP contribution in [0.25, 0.3) is 0 Å². The first-order valence-electron chi connectivity index (χ1n) is 21.8. The van der Waals surface area contributed by atoms with E-state index in [0.29, 0.717) is 25.1 Å². The van der Waals surface area contributed by atoms with Gasteiger partial charge in [0.15, 0.2) is 21.4 Å². The third kappa shape index (κ3) is 11.4. The predicted molar refractivity (Wildman–Crippen MR) is 246 cm³/mol. The predicted octanol–water partition coefficient (Wildman–Crippen LogP) is 0.713. The van der Waals surface area contributed by atoms with Crippen molar-refractivity contribution in [2.45, 2.75) is 94.1 Å². The highest BCUT2D eigenvalue weighted by Gasteiger charge is 2.39. The quantitative estimate of drug-likeness (QED) is 0.0302. The van der Waals surface area contributed by atoms with E-state index in [-0.39, 0.29) is 83.1 Å². The maximum Gasteiger partial charge on any atom is 0.296 e. The Morgan fingerprint density at radius 1 is 0.941 bits per heavy atom. The van der Waals surface area contributed by atoms with Crippen LogP contribution in [0.5, 0.6) is 0 Å². The number of carbonyl (C=O) groups excluding carboxylic acids is 6. The topological polar surface area (TPSA) is 331 Å². The molecule has 24 heteroatoms. The van der Waals surface area contributed by atoms with Crippen molar-refractivity contribution < 1.29 is 55.3 Å². The smallest absolute Gasteiger partial charge is 0.296 e. The number of aliphatic hydroxyl groups excluding tert-OH is 1. The minimum absolute atomic E-state index is 0.00614. The molecule has 1 aliphatic carbocycles. The molecule has 1 fully saturated rings. The average molecular weight is 979 g/mol. The number of benzene rings is 3. The highest BCUT2D eigenvalue weighted by atomic mass is 32.2. The summed E-state index contributed by atoms with van der Waals surface area (Å²) in [5.74, 6) is -3.87. The average Bonchev–Trinajstić information content (AvgIpc) is 3.97. The molecule has 4 atom stereocenters. The van der Waals surface area contributed by atoms with Crippen LogP contribution in [0, 0.1) is 5.92 Å². The van der Waals surface area contributed by atoms with E-state index in [1.807, 2.05) is 0 Å². The summed E-state index contributed by atoms with van der Waals surface area (Å²) in [5, 5.41) is 32.6. The van der Waals surface area contributed by atoms with E-state index in [0.717, 1.165) is 6.07 Å². The Hall–Kier alpha value is -6.60. The zero-order valence-electron chi connectivity index (χ0n) is 37.7. The summed E-state index contributed by atoms with van der Waals surface area (Å²) in [6.45, 7) is 6.75. The number of rotatable bonds is 20. The molecule has 68 heavy (non-hydrogen) atoms. The Morgan fingerprint density at radius 3 is 2.29 bits per heavy atom. The van der Waals surface area contributed by atoms with Gasteiger partial charge in [-0.2, -0.15) is 8.42 Å². The fraction of sp³-hybridized carbons (Fsp3) is 0.409. The zero-order chi connectivity index (χ0) is 49.7. The second-order valence-electron chi connectivity index (χ2n) is 16.8. The number of nitrogens with two attached hydrogens (primary N) is 1. The Kier molecular flexibility index (Phi) is 15.8. The second-order valence-corrected chi connectivity index (χ2v) is 20.3. The summed E-state index contributed by atoms with van der Waals surface area (Å²) in [7, 11) is -8.96. The monoisotopic (exact) mass is 978 g/mol. The summed E-state index contributed by atoms with van der Waals surface area (Å²) in [5.41, 5.74) is 5.20. The number of sulfone groups is 1. The lowest BCUT2D eigenvalue weighted by Crippen LogP contribution is -2.57. The number of aromatic nitrogens is 3. The van der Waals surface area contributed by atoms with Crippen LogP contribution in [0.1, 0.15) is 84.5 Å². The van der Waals surface area contributed by atoms with E-state index >= 15 is 0 Å². The normalized spacial score (nSPS) is 16.1. The molecule has 364 valence electrons. The van der Waals surface area contributed by atoms with Crippen molar-refractivity contribution in [1.82, 2.24) is 41.2 Å². The van der Waals surface area contributed by atoms with Crippen LogP contribution in [-0.4, -0.2) is 131 Å². The first kappa shape index (κ1) is 50.8. The number of hydrogen-bond acceptors (Lipinski definition) is 16. The summed E-state index contributed by atoms with van der Waals surface area (Å²) >= 11 is 0. The molecule has 2 aliphatic rings. The number of hydrogen-bond donors (Lipinski definition) is 8. The minimum atomic E-state index is -4.99. The van der Waals surface area contributed by atoms with E-state index in [1.165, 1.54) is 58.2 Å². The first-order valence-corrected chi connectivity index (χ1v) is 24.9. The van der Waals surface area contributed by atoms with Crippen LogP contribution < -0.4 is 32.3 Å². The fourth-order valence-corrected chi connectivity index (χ4v) is 9.86. The largest absolute Gasteiger partial charge is 0.397 e. The van der Waals surface area contributed by atoms with Crippen molar-refractivity contribution in [1.29, 1.82) is 0 Å². The van der Waals surface area contributed by atoms with E-state index in [4.69, 9.17) is 5.73 Å². The van der Waals surface area contributed by atoms with E-state index in [2.05, 4.69) is 36.9 Å². The van der Waals surface area contributed by atoms with Gasteiger partial charge in [-0.25, -0.2) is 13.1 Å². The molecule has 1 aromatic heterocycles. The molecule has 0 bridgehead atoms. The third-order valence-corrected chi connectivity index (χ3v) is 14.2. The molecule has 3 aromatic carbocycles. The summed E-state index contributed by atoms with van der Waals surface area (Å²) in [6, 6.07) is 9.65. The van der Waals surface area contributed by atoms with Crippen LogP contribution in [-0.2, 0) is 52.2 Å². The molecular weight excluding hydrogens is 925 g/mol. The Morgan fingerprint density at radius 2 is 1.63 bits per heavy atom. The number of carbonyl (C=O) groups is 6. The number of ketones is 2. The van der Waals surface area contributed by atoms with Gasteiger partial charge in [-0.15, -0.1) is 5.10 Å². The lowest BCUT2D eigenvalue weighted by atomic mass is 9.82. The number of nitrogens with zero attached hydrogens (tertiary/aromatic N) is 4. The molecule has 0 spiro atoms. The van der Waals surface area contributed by atoms with Crippen molar-refractivity contribution in [3.05, 3.63) is 88.7 Å². The summed E-state index contributed by atoms with van der Waals surface area (Å²) < 4.78 is 63.1. The number of fused-ring (bicyclic) bond motifs is 2. The number of anilines is 3. The Bertz CT molecular complexity index is 2850. The lowest BCUT2D eigenvalue weighted by Gasteiger charge is -2.29. The number of nitrogens with one attached hydrogen (secondary N) is 5. The van der Waals surface area contributed by atoms with Gasteiger partial charge < -0.3 is 42.3 Å². The zero-order valence-corrected chi connectivity index (χ0v) is 39.3. The van der Waals surface area contributed by atoms with Crippen molar-refractivity contribution >= 4 is 72.2 Å². The second kappa shape index (κ2) is 21.1. The SMILES string of the molecule is CCC(=O)NC(C)C(=O)N1CCCC1C(=O)NC(C(=O)NCC(O)Cn1nncc1CNCCS(=O)(=O)c1cccc(Nc2cc(S(=O)(=O)O)c(N)c3c2C(=O)c2ccccc2C3=O)c1)C(C)C. The van der Waals surface area contributed by atoms with Gasteiger partial charge in [0.1, 0.15) is 23.0 Å². The summed E-state index contributed by atoms with van der Waals surface area (Å²) in [6.07, 6.45) is 1.43. The third-order valence-electron chi connectivity index (χ3n) is 11.6. The fourth-order valence-electron chi connectivity index (χ4n) is 7.97. The molecule has 1 saturated heterocycles. The molecule has 9 N–H and O–H groups in total.